The lowest BCUT2D eigenvalue weighted by Gasteiger charge is -2.12. The number of carboxylic acid groups (broad SMARTS) is 1. The molecule has 150 valence electrons. The molecular formula is C21H18BrNO4S2. The van der Waals surface area contributed by atoms with Gasteiger partial charge in [0.05, 0.1) is 15.8 Å². The Bertz CT molecular complexity index is 989. The van der Waals surface area contributed by atoms with Gasteiger partial charge in [-0.2, -0.15) is 0 Å². The minimum atomic E-state index is -0.965. The van der Waals surface area contributed by atoms with E-state index in [1.807, 2.05) is 49.4 Å². The Hall–Kier alpha value is -2.16. The molecule has 0 spiro atoms. The molecule has 1 aliphatic heterocycles. The number of thiocarbonyl (C=S) groups is 1. The van der Waals surface area contributed by atoms with Crippen LogP contribution in [0.25, 0.3) is 6.08 Å². The predicted octanol–water partition coefficient (Wildman–Crippen LogP) is 5.01. The van der Waals surface area contributed by atoms with Gasteiger partial charge in [0, 0.05) is 6.54 Å². The monoisotopic (exact) mass is 491 g/mol. The molecule has 5 nitrogen and oxygen atoms in total. The van der Waals surface area contributed by atoms with Crippen molar-refractivity contribution in [3.8, 4) is 5.75 Å². The van der Waals surface area contributed by atoms with E-state index in [1.54, 1.807) is 6.08 Å². The van der Waals surface area contributed by atoms with E-state index in [2.05, 4.69) is 15.9 Å². The number of aryl methyl sites for hydroxylation is 1. The molecule has 2 aromatic carbocycles. The summed E-state index contributed by atoms with van der Waals surface area (Å²) in [6.07, 6.45) is 1.60. The first-order valence-corrected chi connectivity index (χ1v) is 10.8. The first-order valence-electron chi connectivity index (χ1n) is 8.78. The molecule has 0 unspecified atom stereocenters. The Labute approximate surface area is 186 Å². The third-order valence-electron chi connectivity index (χ3n) is 4.19. The van der Waals surface area contributed by atoms with Gasteiger partial charge in [-0.1, -0.05) is 59.9 Å². The number of rotatable bonds is 7. The van der Waals surface area contributed by atoms with Gasteiger partial charge < -0.3 is 9.84 Å². The fraction of sp³-hybridized carbons (Fsp3) is 0.190. The first kappa shape index (κ1) is 21.5. The minimum Gasteiger partial charge on any atom is -0.488 e. The highest BCUT2D eigenvalue weighted by Crippen LogP contribution is 2.34. The Balaban J connectivity index is 1.68. The van der Waals surface area contributed by atoms with Crippen molar-refractivity contribution in [2.45, 2.75) is 20.0 Å². The first-order chi connectivity index (χ1) is 13.8. The number of ether oxygens (including phenoxy) is 1. The summed E-state index contributed by atoms with van der Waals surface area (Å²) in [5.74, 6) is -0.526. The van der Waals surface area contributed by atoms with Crippen LogP contribution in [0.5, 0.6) is 5.75 Å². The maximum Gasteiger partial charge on any atom is 0.305 e. The molecule has 1 amide bonds. The van der Waals surface area contributed by atoms with Crippen molar-refractivity contribution >= 4 is 62.2 Å². The molecule has 29 heavy (non-hydrogen) atoms. The molecule has 3 rings (SSSR count). The Morgan fingerprint density at radius 2 is 2.00 bits per heavy atom. The van der Waals surface area contributed by atoms with E-state index in [0.717, 1.165) is 15.6 Å². The third-order valence-corrected chi connectivity index (χ3v) is 6.19. The normalized spacial score (nSPS) is 15.2. The molecule has 1 aliphatic rings. The Morgan fingerprint density at radius 3 is 2.66 bits per heavy atom. The number of amides is 1. The Kier molecular flexibility index (Phi) is 7.10. The zero-order valence-electron chi connectivity index (χ0n) is 15.6. The summed E-state index contributed by atoms with van der Waals surface area (Å²) in [5.41, 5.74) is 3.10. The van der Waals surface area contributed by atoms with E-state index in [1.165, 1.54) is 22.2 Å². The zero-order chi connectivity index (χ0) is 21.0. The second-order valence-corrected chi connectivity index (χ2v) is 8.97. The number of hydrogen-bond donors (Lipinski definition) is 1. The van der Waals surface area contributed by atoms with Crippen LogP contribution in [0, 0.1) is 6.92 Å². The highest BCUT2D eigenvalue weighted by atomic mass is 79.9. The van der Waals surface area contributed by atoms with Crippen LogP contribution in [0.4, 0.5) is 0 Å². The summed E-state index contributed by atoms with van der Waals surface area (Å²) in [7, 11) is 0. The van der Waals surface area contributed by atoms with Crippen LogP contribution in [0.3, 0.4) is 0 Å². The van der Waals surface area contributed by atoms with Crippen LogP contribution < -0.4 is 4.74 Å². The zero-order valence-corrected chi connectivity index (χ0v) is 18.8. The van der Waals surface area contributed by atoms with E-state index >= 15 is 0 Å². The van der Waals surface area contributed by atoms with Crippen molar-refractivity contribution in [1.29, 1.82) is 0 Å². The lowest BCUT2D eigenvalue weighted by atomic mass is 10.1. The topological polar surface area (TPSA) is 66.8 Å². The molecule has 0 aromatic heterocycles. The summed E-state index contributed by atoms with van der Waals surface area (Å²) in [6.45, 7) is 2.58. The molecule has 0 atom stereocenters. The standard InChI is InChI=1S/C21H18BrNO4S2/c1-13-2-4-14(5-3-13)12-27-17-7-6-15(10-16(17)22)11-18-20(26)23(21(28)29-18)9-8-19(24)25/h2-7,10-11H,8-9,12H2,1H3,(H,24,25)/b18-11+. The van der Waals surface area contributed by atoms with Gasteiger partial charge >= 0.3 is 5.97 Å². The maximum atomic E-state index is 12.5. The lowest BCUT2D eigenvalue weighted by Crippen LogP contribution is -2.30. The van der Waals surface area contributed by atoms with Crippen molar-refractivity contribution in [2.24, 2.45) is 0 Å². The average Bonchev–Trinajstić information content (AvgIpc) is 2.93. The number of hydrogen-bond acceptors (Lipinski definition) is 5. The smallest absolute Gasteiger partial charge is 0.305 e. The number of aliphatic carboxylic acids is 1. The van der Waals surface area contributed by atoms with Crippen LogP contribution in [0.1, 0.15) is 23.1 Å². The quantitative estimate of drug-likeness (QED) is 0.433. The van der Waals surface area contributed by atoms with Crippen LogP contribution in [0.2, 0.25) is 0 Å². The Morgan fingerprint density at radius 1 is 1.28 bits per heavy atom. The van der Waals surface area contributed by atoms with Gasteiger partial charge in [-0.25, -0.2) is 0 Å². The van der Waals surface area contributed by atoms with Gasteiger partial charge in [-0.05, 0) is 52.2 Å². The van der Waals surface area contributed by atoms with Crippen LogP contribution >= 0.6 is 39.9 Å². The molecule has 0 saturated carbocycles. The van der Waals surface area contributed by atoms with Crippen molar-refractivity contribution < 1.29 is 19.4 Å². The van der Waals surface area contributed by atoms with Gasteiger partial charge in [0.2, 0.25) is 0 Å². The molecule has 2 aromatic rings. The molecule has 1 fully saturated rings. The van der Waals surface area contributed by atoms with Gasteiger partial charge in [0.1, 0.15) is 16.7 Å². The lowest BCUT2D eigenvalue weighted by molar-refractivity contribution is -0.137. The third kappa shape index (κ3) is 5.68. The molecule has 0 aliphatic carbocycles. The van der Waals surface area contributed by atoms with E-state index in [4.69, 9.17) is 22.1 Å². The van der Waals surface area contributed by atoms with Crippen LogP contribution in [-0.2, 0) is 16.2 Å². The largest absolute Gasteiger partial charge is 0.488 e. The van der Waals surface area contributed by atoms with Crippen molar-refractivity contribution in [1.82, 2.24) is 4.90 Å². The van der Waals surface area contributed by atoms with Crippen LogP contribution in [0.15, 0.2) is 51.8 Å². The molecule has 1 N–H and O–H groups in total. The highest BCUT2D eigenvalue weighted by molar-refractivity contribution is 9.10. The van der Waals surface area contributed by atoms with Gasteiger partial charge in [-0.3, -0.25) is 14.5 Å². The fourth-order valence-electron chi connectivity index (χ4n) is 2.62. The SMILES string of the molecule is Cc1ccc(COc2ccc(/C=C3/SC(=S)N(CCC(=O)O)C3=O)cc2Br)cc1. The van der Waals surface area contributed by atoms with E-state index in [9.17, 15) is 9.59 Å². The number of benzene rings is 2. The van der Waals surface area contributed by atoms with Crippen molar-refractivity contribution in [3.05, 3.63) is 68.5 Å². The van der Waals surface area contributed by atoms with E-state index < -0.39 is 5.97 Å². The molecule has 0 bridgehead atoms. The van der Waals surface area contributed by atoms with Crippen LogP contribution in [-0.4, -0.2) is 32.7 Å². The molecular weight excluding hydrogens is 474 g/mol. The number of carbonyl (C=O) groups excluding carboxylic acids is 1. The van der Waals surface area contributed by atoms with E-state index in [0.29, 0.717) is 21.6 Å². The fourth-order valence-corrected chi connectivity index (χ4v) is 4.44. The minimum absolute atomic E-state index is 0.0762. The highest BCUT2D eigenvalue weighted by Gasteiger charge is 2.32. The van der Waals surface area contributed by atoms with Gasteiger partial charge in [0.15, 0.2) is 0 Å². The number of thioether (sulfide) groups is 1. The predicted molar refractivity (Wildman–Crippen MR) is 122 cm³/mol. The maximum absolute atomic E-state index is 12.5. The van der Waals surface area contributed by atoms with Gasteiger partial charge in [-0.15, -0.1) is 0 Å². The second kappa shape index (κ2) is 9.56. The number of carboxylic acids is 1. The number of nitrogens with zero attached hydrogens (tertiary/aromatic N) is 1. The molecule has 0 radical (unpaired) electrons. The second-order valence-electron chi connectivity index (χ2n) is 6.44. The van der Waals surface area contributed by atoms with Crippen molar-refractivity contribution in [2.75, 3.05) is 6.54 Å². The van der Waals surface area contributed by atoms with Gasteiger partial charge in [0.25, 0.3) is 5.91 Å². The van der Waals surface area contributed by atoms with E-state index in [-0.39, 0.29) is 18.9 Å². The van der Waals surface area contributed by atoms with Crippen molar-refractivity contribution in [3.63, 3.8) is 0 Å². The summed E-state index contributed by atoms with van der Waals surface area (Å²) in [6, 6.07) is 13.7. The summed E-state index contributed by atoms with van der Waals surface area (Å²) in [5, 5.41) is 8.81. The number of halogens is 1. The summed E-state index contributed by atoms with van der Waals surface area (Å²) < 4.78 is 7.03. The molecule has 1 heterocycles. The summed E-state index contributed by atoms with van der Waals surface area (Å²) in [4.78, 5) is 25.0. The molecule has 1 saturated heterocycles. The number of carbonyl (C=O) groups is 2. The summed E-state index contributed by atoms with van der Waals surface area (Å²) >= 11 is 9.89. The molecule has 8 heteroatoms. The average molecular weight is 492 g/mol.